The lowest BCUT2D eigenvalue weighted by Gasteiger charge is -2.34. The van der Waals surface area contributed by atoms with Gasteiger partial charge >= 0.3 is 0 Å². The molecule has 0 aliphatic heterocycles. The van der Waals surface area contributed by atoms with Crippen LogP contribution in [-0.4, -0.2) is 48.1 Å². The van der Waals surface area contributed by atoms with E-state index in [-0.39, 0.29) is 11.5 Å². The van der Waals surface area contributed by atoms with E-state index in [0.717, 1.165) is 14.0 Å². The van der Waals surface area contributed by atoms with E-state index in [4.69, 9.17) is 9.94 Å². The summed E-state index contributed by atoms with van der Waals surface area (Å²) >= 11 is 0. The van der Waals surface area contributed by atoms with E-state index in [1.165, 1.54) is 36.7 Å². The Bertz CT molecular complexity index is 1190. The number of benzene rings is 2. The number of hydrogen-bond acceptors (Lipinski definition) is 5. The summed E-state index contributed by atoms with van der Waals surface area (Å²) < 4.78 is 31.7. The number of methoxy groups -OCH3 is 1. The number of hydrogen-bond donors (Lipinski definition) is 4. The van der Waals surface area contributed by atoms with Gasteiger partial charge in [-0.2, -0.15) is 0 Å². The van der Waals surface area contributed by atoms with Crippen molar-refractivity contribution in [2.45, 2.75) is 31.9 Å². The van der Waals surface area contributed by atoms with Gasteiger partial charge in [-0.3, -0.25) is 19.6 Å². The van der Waals surface area contributed by atoms with Gasteiger partial charge in [0.1, 0.15) is 6.04 Å². The van der Waals surface area contributed by atoms with Crippen LogP contribution in [0.4, 0.5) is 14.5 Å². The Kier molecular flexibility index (Phi) is 9.47. The summed E-state index contributed by atoms with van der Waals surface area (Å²) in [5, 5.41) is 13.7. The van der Waals surface area contributed by atoms with Gasteiger partial charge < -0.3 is 15.4 Å². The molecule has 35 heavy (non-hydrogen) atoms. The number of amides is 3. The van der Waals surface area contributed by atoms with Gasteiger partial charge in [-0.05, 0) is 67.3 Å². The molecule has 0 aliphatic carbocycles. The van der Waals surface area contributed by atoms with Crippen LogP contribution in [0.25, 0.3) is 0 Å². The maximum absolute atomic E-state index is 13.5. The summed E-state index contributed by atoms with van der Waals surface area (Å²) in [6, 6.07) is 10.9. The van der Waals surface area contributed by atoms with Crippen molar-refractivity contribution in [3.05, 3.63) is 65.2 Å². The zero-order valence-electron chi connectivity index (χ0n) is 19.1. The predicted octanol–water partition coefficient (Wildman–Crippen LogP) is 2.32. The molecule has 2 aromatic carbocycles. The normalized spacial score (nSPS) is 12.7. The zero-order chi connectivity index (χ0) is 26.0. The molecule has 0 bridgehead atoms. The maximum Gasteiger partial charge on any atom is 0.269 e. The molecule has 0 aliphatic rings. The molecule has 0 heterocycles. The minimum atomic E-state index is -3.14. The van der Waals surface area contributed by atoms with Crippen LogP contribution in [0.1, 0.15) is 35.3 Å². The lowest BCUT2D eigenvalue weighted by atomic mass is 9.95. The van der Waals surface area contributed by atoms with Gasteiger partial charge in [0.15, 0.2) is 5.60 Å². The molecule has 0 fully saturated rings. The number of carbonyl (C=O) groups excluding carboxylic acids is 3. The van der Waals surface area contributed by atoms with Crippen molar-refractivity contribution in [3.8, 4) is 23.7 Å². The van der Waals surface area contributed by atoms with Gasteiger partial charge in [-0.15, -0.1) is 0 Å². The van der Waals surface area contributed by atoms with Gasteiger partial charge in [-0.25, -0.2) is 14.3 Å². The second-order valence-electron chi connectivity index (χ2n) is 7.41. The highest BCUT2D eigenvalue weighted by Gasteiger charge is 2.48. The summed E-state index contributed by atoms with van der Waals surface area (Å²) in [4.78, 5) is 35.5. The first kappa shape index (κ1) is 27.0. The molecule has 0 spiro atoms. The number of rotatable bonds is 7. The molecule has 3 amide bonds. The number of nitrogens with one attached hydrogen (secondary N) is 3. The quantitative estimate of drug-likeness (QED) is 0.274. The average molecular weight is 483 g/mol. The standard InChI is InChI=1S/C25H23F2N3O5/c1-16(31)28-20-14-10-18(11-15-20)7-5-4-6-17-8-12-19(13-9-17)22(32)29-21(23(33)30-34)25(2,35-3)24(26)27/h8-15,21,24,34H,1-3H3,(H,28,31)(H,29,32)(H,30,33)/t21-,25?/m1/s1. The van der Waals surface area contributed by atoms with Crippen LogP contribution in [-0.2, 0) is 14.3 Å². The first-order chi connectivity index (χ1) is 16.6. The smallest absolute Gasteiger partial charge is 0.269 e. The molecule has 8 nitrogen and oxygen atoms in total. The van der Waals surface area contributed by atoms with Gasteiger partial charge in [0.25, 0.3) is 18.2 Å². The van der Waals surface area contributed by atoms with Crippen molar-refractivity contribution in [2.24, 2.45) is 0 Å². The number of anilines is 1. The third-order valence-corrected chi connectivity index (χ3v) is 4.92. The van der Waals surface area contributed by atoms with Crippen molar-refractivity contribution < 1.29 is 33.1 Å². The van der Waals surface area contributed by atoms with Crippen LogP contribution >= 0.6 is 0 Å². The Labute approximate surface area is 201 Å². The second kappa shape index (κ2) is 12.3. The van der Waals surface area contributed by atoms with E-state index in [1.807, 2.05) is 0 Å². The van der Waals surface area contributed by atoms with Crippen LogP contribution in [0.5, 0.6) is 0 Å². The summed E-state index contributed by atoms with van der Waals surface area (Å²) in [5.41, 5.74) is 0.853. The lowest BCUT2D eigenvalue weighted by Crippen LogP contribution is -2.62. The number of ether oxygens (including phenoxy) is 1. The van der Waals surface area contributed by atoms with Crippen LogP contribution in [0, 0.1) is 23.7 Å². The van der Waals surface area contributed by atoms with Crippen LogP contribution in [0.15, 0.2) is 48.5 Å². The maximum atomic E-state index is 13.5. The second-order valence-corrected chi connectivity index (χ2v) is 7.41. The molecule has 0 saturated heterocycles. The monoisotopic (exact) mass is 483 g/mol. The van der Waals surface area contributed by atoms with Crippen LogP contribution in [0.2, 0.25) is 0 Å². The van der Waals surface area contributed by atoms with Gasteiger partial charge in [0.2, 0.25) is 5.91 Å². The molecule has 10 heteroatoms. The highest BCUT2D eigenvalue weighted by Crippen LogP contribution is 2.24. The van der Waals surface area contributed by atoms with E-state index in [1.54, 1.807) is 24.3 Å². The van der Waals surface area contributed by atoms with E-state index in [9.17, 15) is 23.2 Å². The fourth-order valence-electron chi connectivity index (χ4n) is 2.83. The topological polar surface area (TPSA) is 117 Å². The molecule has 182 valence electrons. The van der Waals surface area contributed by atoms with Gasteiger partial charge in [0, 0.05) is 36.4 Å². The molecule has 0 aromatic heterocycles. The average Bonchev–Trinajstić information content (AvgIpc) is 2.85. The molecule has 2 rings (SSSR count). The fraction of sp³-hybridized carbons (Fsp3) is 0.240. The predicted molar refractivity (Wildman–Crippen MR) is 124 cm³/mol. The van der Waals surface area contributed by atoms with Crippen molar-refractivity contribution in [1.82, 2.24) is 10.8 Å². The van der Waals surface area contributed by atoms with Gasteiger partial charge in [-0.1, -0.05) is 11.8 Å². The van der Waals surface area contributed by atoms with Crippen molar-refractivity contribution in [2.75, 3.05) is 12.4 Å². The fourth-order valence-corrected chi connectivity index (χ4v) is 2.83. The molecule has 4 N–H and O–H groups in total. The minimum absolute atomic E-state index is 0.0735. The van der Waals surface area contributed by atoms with E-state index in [2.05, 4.69) is 34.3 Å². The number of alkyl halides is 2. The van der Waals surface area contributed by atoms with Crippen molar-refractivity contribution in [3.63, 3.8) is 0 Å². The summed E-state index contributed by atoms with van der Waals surface area (Å²) in [5.74, 6) is 8.78. The Hall–Kier alpha value is -4.25. The Balaban J connectivity index is 2.09. The lowest BCUT2D eigenvalue weighted by molar-refractivity contribution is -0.157. The van der Waals surface area contributed by atoms with Crippen molar-refractivity contribution >= 4 is 23.4 Å². The third kappa shape index (κ3) is 7.37. The number of carbonyl (C=O) groups is 3. The van der Waals surface area contributed by atoms with E-state index < -0.39 is 29.9 Å². The van der Waals surface area contributed by atoms with E-state index >= 15 is 0 Å². The first-order valence-corrected chi connectivity index (χ1v) is 10.2. The molecule has 2 aromatic rings. The molecular formula is C25H23F2N3O5. The zero-order valence-corrected chi connectivity index (χ0v) is 19.1. The third-order valence-electron chi connectivity index (χ3n) is 4.92. The van der Waals surface area contributed by atoms with E-state index in [0.29, 0.717) is 16.8 Å². The Morgan fingerprint density at radius 1 is 0.971 bits per heavy atom. The van der Waals surface area contributed by atoms with Crippen LogP contribution in [0.3, 0.4) is 0 Å². The SMILES string of the molecule is COC(C)(C(F)F)[C@H](NC(=O)c1ccc(C#CC#Cc2ccc(NC(C)=O)cc2)cc1)C(=O)NO. The Morgan fingerprint density at radius 3 is 1.91 bits per heavy atom. The molecular weight excluding hydrogens is 460 g/mol. The van der Waals surface area contributed by atoms with Crippen LogP contribution < -0.4 is 16.1 Å². The molecule has 0 saturated carbocycles. The van der Waals surface area contributed by atoms with Crippen molar-refractivity contribution in [1.29, 1.82) is 0 Å². The number of halogens is 2. The number of hydroxylamine groups is 1. The summed E-state index contributed by atoms with van der Waals surface area (Å²) in [6.45, 7) is 2.36. The molecule has 0 radical (unpaired) electrons. The first-order valence-electron chi connectivity index (χ1n) is 10.2. The largest absolute Gasteiger partial charge is 0.370 e. The molecule has 1 unspecified atom stereocenters. The minimum Gasteiger partial charge on any atom is -0.370 e. The molecule has 2 atom stereocenters. The van der Waals surface area contributed by atoms with Gasteiger partial charge in [0.05, 0.1) is 0 Å². The summed E-state index contributed by atoms with van der Waals surface area (Å²) in [7, 11) is 0.965. The summed E-state index contributed by atoms with van der Waals surface area (Å²) in [6.07, 6.45) is -3.14. The highest BCUT2D eigenvalue weighted by molar-refractivity contribution is 5.98. The Morgan fingerprint density at radius 2 is 1.49 bits per heavy atom. The highest BCUT2D eigenvalue weighted by atomic mass is 19.3.